The molecule has 45 heavy (non-hydrogen) atoms. The highest BCUT2D eigenvalue weighted by molar-refractivity contribution is 6.00. The van der Waals surface area contributed by atoms with Gasteiger partial charge in [-0.15, -0.1) is 0 Å². The van der Waals surface area contributed by atoms with Crippen molar-refractivity contribution in [2.45, 2.75) is 19.8 Å². The van der Waals surface area contributed by atoms with Crippen LogP contribution in [0.25, 0.3) is 12.2 Å². The molecule has 3 aromatic carbocycles. The van der Waals surface area contributed by atoms with Crippen LogP contribution in [0.2, 0.25) is 0 Å². The van der Waals surface area contributed by atoms with E-state index in [1.807, 2.05) is 85.0 Å². The number of dihydropyridines is 1. The molecule has 0 aliphatic carbocycles. The van der Waals surface area contributed by atoms with Crippen LogP contribution in [0.5, 0.6) is 0 Å². The lowest BCUT2D eigenvalue weighted by atomic mass is 9.80. The molecule has 0 bridgehead atoms. The van der Waals surface area contributed by atoms with Gasteiger partial charge in [0, 0.05) is 23.5 Å². The van der Waals surface area contributed by atoms with E-state index in [0.29, 0.717) is 17.0 Å². The summed E-state index contributed by atoms with van der Waals surface area (Å²) in [6.45, 7) is 3.37. The van der Waals surface area contributed by atoms with Gasteiger partial charge in [0.15, 0.2) is 0 Å². The van der Waals surface area contributed by atoms with Gasteiger partial charge in [-0.2, -0.15) is 0 Å². The fraction of sp³-hybridized carbons (Fsp3) is 0.135. The van der Waals surface area contributed by atoms with E-state index < -0.39 is 22.8 Å². The lowest BCUT2D eigenvalue weighted by Gasteiger charge is -2.30. The van der Waals surface area contributed by atoms with Crippen molar-refractivity contribution in [1.82, 2.24) is 5.32 Å². The molecule has 1 aliphatic rings. The molecule has 0 unspecified atom stereocenters. The fourth-order valence-electron chi connectivity index (χ4n) is 4.82. The summed E-state index contributed by atoms with van der Waals surface area (Å²) in [5, 5.41) is 14.7. The van der Waals surface area contributed by atoms with Crippen molar-refractivity contribution in [2.75, 3.05) is 13.2 Å². The van der Waals surface area contributed by atoms with Gasteiger partial charge >= 0.3 is 11.9 Å². The van der Waals surface area contributed by atoms with Gasteiger partial charge in [-0.05, 0) is 42.7 Å². The van der Waals surface area contributed by atoms with Gasteiger partial charge in [-0.1, -0.05) is 109 Å². The minimum absolute atomic E-state index is 0.0137. The number of benzene rings is 3. The average molecular weight is 603 g/mol. The molecule has 0 atom stereocenters. The van der Waals surface area contributed by atoms with E-state index in [0.717, 1.165) is 11.1 Å². The van der Waals surface area contributed by atoms with Crippen molar-refractivity contribution < 1.29 is 24.0 Å². The molecule has 0 aromatic heterocycles. The highest BCUT2D eigenvalue weighted by Crippen LogP contribution is 2.40. The molecule has 1 aliphatic heterocycles. The first-order valence-corrected chi connectivity index (χ1v) is 14.4. The Kier molecular flexibility index (Phi) is 11.6. The molecule has 0 spiro atoms. The Morgan fingerprint density at radius 3 is 1.69 bits per heavy atom. The number of nitrogens with one attached hydrogen (secondary N) is 1. The predicted molar refractivity (Wildman–Crippen MR) is 176 cm³/mol. The molecular weight excluding hydrogens is 568 g/mol. The van der Waals surface area contributed by atoms with E-state index in [1.165, 1.54) is 18.2 Å². The van der Waals surface area contributed by atoms with Crippen LogP contribution in [0.1, 0.15) is 36.5 Å². The highest BCUT2D eigenvalue weighted by atomic mass is 16.6. The van der Waals surface area contributed by atoms with Crippen molar-refractivity contribution in [3.05, 3.63) is 171 Å². The molecule has 3 aromatic rings. The molecule has 0 saturated carbocycles. The Morgan fingerprint density at radius 1 is 0.733 bits per heavy atom. The Bertz CT molecular complexity index is 1600. The number of nitro benzene ring substituents is 1. The highest BCUT2D eigenvalue weighted by Gasteiger charge is 2.38. The normalized spacial score (nSPS) is 14.1. The van der Waals surface area contributed by atoms with Gasteiger partial charge in [0.2, 0.25) is 0 Å². The minimum Gasteiger partial charge on any atom is -0.458 e. The summed E-state index contributed by atoms with van der Waals surface area (Å²) < 4.78 is 11.1. The largest absolute Gasteiger partial charge is 0.458 e. The minimum atomic E-state index is -0.949. The molecule has 0 amide bonds. The van der Waals surface area contributed by atoms with Gasteiger partial charge in [-0.3, -0.25) is 10.1 Å². The molecular formula is C37H34N2O6. The molecule has 0 saturated heterocycles. The average Bonchev–Trinajstić information content (AvgIpc) is 3.04. The van der Waals surface area contributed by atoms with Crippen molar-refractivity contribution in [3.8, 4) is 0 Å². The van der Waals surface area contributed by atoms with Crippen LogP contribution in [-0.2, 0) is 19.1 Å². The van der Waals surface area contributed by atoms with E-state index in [4.69, 9.17) is 9.47 Å². The summed E-state index contributed by atoms with van der Waals surface area (Å²) in [5.74, 6) is -2.26. The lowest BCUT2D eigenvalue weighted by Crippen LogP contribution is -2.32. The summed E-state index contributed by atoms with van der Waals surface area (Å²) in [6, 6.07) is 25.4. The number of ether oxygens (including phenoxy) is 2. The number of hydrogen-bond acceptors (Lipinski definition) is 7. The van der Waals surface area contributed by atoms with Crippen LogP contribution in [0.3, 0.4) is 0 Å². The number of allylic oxidation sites excluding steroid dienone is 6. The van der Waals surface area contributed by atoms with Gasteiger partial charge < -0.3 is 14.8 Å². The van der Waals surface area contributed by atoms with Crippen molar-refractivity contribution in [3.63, 3.8) is 0 Å². The summed E-state index contributed by atoms with van der Waals surface area (Å²) in [5.41, 5.74) is 3.59. The first-order valence-electron chi connectivity index (χ1n) is 14.4. The van der Waals surface area contributed by atoms with Gasteiger partial charge in [0.1, 0.15) is 13.2 Å². The molecule has 8 heteroatoms. The van der Waals surface area contributed by atoms with E-state index >= 15 is 0 Å². The van der Waals surface area contributed by atoms with E-state index in [2.05, 4.69) is 5.32 Å². The van der Waals surface area contributed by atoms with Crippen LogP contribution in [-0.4, -0.2) is 30.1 Å². The van der Waals surface area contributed by atoms with Gasteiger partial charge in [0.05, 0.1) is 22.0 Å². The van der Waals surface area contributed by atoms with Gasteiger partial charge in [0.25, 0.3) is 5.69 Å². The van der Waals surface area contributed by atoms with Crippen molar-refractivity contribution in [2.24, 2.45) is 0 Å². The number of carbonyl (C=O) groups is 2. The number of hydrogen-bond donors (Lipinski definition) is 1. The monoisotopic (exact) mass is 602 g/mol. The Hall–Kier alpha value is -5.76. The topological polar surface area (TPSA) is 108 Å². The zero-order valence-electron chi connectivity index (χ0n) is 25.1. The van der Waals surface area contributed by atoms with E-state index in [-0.39, 0.29) is 30.0 Å². The molecule has 0 radical (unpaired) electrons. The summed E-state index contributed by atoms with van der Waals surface area (Å²) in [4.78, 5) is 38.1. The van der Waals surface area contributed by atoms with Crippen LogP contribution in [0.4, 0.5) is 5.69 Å². The fourth-order valence-corrected chi connectivity index (χ4v) is 4.82. The molecule has 1 heterocycles. The lowest BCUT2D eigenvalue weighted by molar-refractivity contribution is -0.384. The smallest absolute Gasteiger partial charge is 0.337 e. The number of rotatable bonds is 12. The first-order chi connectivity index (χ1) is 21.8. The Balaban J connectivity index is 1.51. The predicted octanol–water partition coefficient (Wildman–Crippen LogP) is 7.46. The maximum absolute atomic E-state index is 13.5. The van der Waals surface area contributed by atoms with E-state index in [1.54, 1.807) is 44.2 Å². The number of esters is 2. The summed E-state index contributed by atoms with van der Waals surface area (Å²) >= 11 is 0. The Labute approximate surface area is 262 Å². The van der Waals surface area contributed by atoms with Crippen molar-refractivity contribution in [1.29, 1.82) is 0 Å². The van der Waals surface area contributed by atoms with E-state index in [9.17, 15) is 19.7 Å². The quantitative estimate of drug-likeness (QED) is 0.0993. The third-order valence-corrected chi connectivity index (χ3v) is 6.91. The zero-order valence-corrected chi connectivity index (χ0v) is 25.1. The second-order valence-corrected chi connectivity index (χ2v) is 10.1. The van der Waals surface area contributed by atoms with Gasteiger partial charge in [-0.25, -0.2) is 9.59 Å². The molecule has 1 N–H and O–H groups in total. The molecule has 228 valence electrons. The van der Waals surface area contributed by atoms with Crippen LogP contribution < -0.4 is 5.32 Å². The number of nitrogens with zero attached hydrogens (tertiary/aromatic N) is 1. The standard InChI is InChI=1S/C37H34N2O6/c1-27-33(36(40)44-24-13-5-11-20-29-16-7-3-8-17-29)35(31-22-15-23-32(26-31)39(42)43)34(28(2)38-27)37(41)45-25-14-6-12-21-30-18-9-4-10-19-30/h3-23,26,35,38H,24-25H2,1-2H3/b13-5+,14-6+,20-11-,21-12-. The number of nitro groups is 1. The van der Waals surface area contributed by atoms with Crippen molar-refractivity contribution >= 4 is 29.8 Å². The molecule has 4 rings (SSSR count). The summed E-state index contributed by atoms with van der Waals surface area (Å²) in [6.07, 6.45) is 14.5. The molecule has 8 nitrogen and oxygen atoms in total. The van der Waals surface area contributed by atoms with Crippen LogP contribution >= 0.6 is 0 Å². The first kappa shape index (κ1) is 32.2. The summed E-state index contributed by atoms with van der Waals surface area (Å²) in [7, 11) is 0. The maximum Gasteiger partial charge on any atom is 0.337 e. The van der Waals surface area contributed by atoms with Crippen LogP contribution in [0.15, 0.2) is 144 Å². The third-order valence-electron chi connectivity index (χ3n) is 6.91. The molecule has 0 fully saturated rings. The Morgan fingerprint density at radius 2 is 1.22 bits per heavy atom. The number of carbonyl (C=O) groups excluding carboxylic acids is 2. The second-order valence-electron chi connectivity index (χ2n) is 10.1. The third kappa shape index (κ3) is 9.11. The second kappa shape index (κ2) is 16.2. The zero-order chi connectivity index (χ0) is 32.0. The maximum atomic E-state index is 13.5. The SMILES string of the molecule is CC1=C(C(=O)OC/C=C/C=C\c2ccccc2)C(c2cccc([N+](=O)[O-])c2)C(C(=O)OC/C=C/C=C\c2ccccc2)=C(C)N1. The number of non-ortho nitro benzene ring substituents is 1. The van der Waals surface area contributed by atoms with Crippen LogP contribution in [0, 0.1) is 10.1 Å².